The van der Waals surface area contributed by atoms with Crippen LogP contribution in [0, 0.1) is 0 Å². The summed E-state index contributed by atoms with van der Waals surface area (Å²) in [5.74, 6) is -0.0240. The summed E-state index contributed by atoms with van der Waals surface area (Å²) in [4.78, 5) is 35.2. The number of hydrogen-bond donors (Lipinski definition) is 0. The Hall–Kier alpha value is -4.07. The molecule has 0 radical (unpaired) electrons. The first kappa shape index (κ1) is 30.2. The molecule has 0 amide bonds. The molecule has 0 unspecified atom stereocenters. The Labute approximate surface area is 224 Å². The van der Waals surface area contributed by atoms with Crippen LogP contribution in [0.1, 0.15) is 61.4 Å². The fourth-order valence-corrected chi connectivity index (χ4v) is 3.34. The van der Waals surface area contributed by atoms with Gasteiger partial charge in [0, 0.05) is 11.6 Å². The van der Waals surface area contributed by atoms with Crippen molar-refractivity contribution in [1.29, 1.82) is 0 Å². The molecule has 2 rings (SSSR count). The smallest absolute Gasteiger partial charge is 0.343 e. The average molecular weight is 525 g/mol. The zero-order chi connectivity index (χ0) is 27.8. The van der Waals surface area contributed by atoms with Crippen molar-refractivity contribution in [3.05, 3.63) is 71.8 Å². The van der Waals surface area contributed by atoms with E-state index in [0.717, 1.165) is 38.5 Å². The van der Waals surface area contributed by atoms with Crippen LogP contribution in [0.15, 0.2) is 60.7 Å². The van der Waals surface area contributed by atoms with Gasteiger partial charge < -0.3 is 23.7 Å². The minimum Gasteiger partial charge on any atom is -0.494 e. The first-order valence-corrected chi connectivity index (χ1v) is 12.6. The maximum absolute atomic E-state index is 12.6. The second-order valence-electron chi connectivity index (χ2n) is 8.57. The van der Waals surface area contributed by atoms with E-state index in [9.17, 15) is 14.4 Å². The van der Waals surface area contributed by atoms with Crippen LogP contribution in [0.5, 0.6) is 17.2 Å². The minimum atomic E-state index is -0.526. The molecule has 0 aliphatic rings. The number of hydrogen-bond acceptors (Lipinski definition) is 8. The van der Waals surface area contributed by atoms with Crippen LogP contribution < -0.4 is 14.2 Å². The first-order chi connectivity index (χ1) is 18.3. The van der Waals surface area contributed by atoms with Crippen molar-refractivity contribution < 1.29 is 38.1 Å². The van der Waals surface area contributed by atoms with Gasteiger partial charge in [0.15, 0.2) is 11.5 Å². The Kier molecular flexibility index (Phi) is 13.2. The molecule has 0 aliphatic heterocycles. The van der Waals surface area contributed by atoms with E-state index in [-0.39, 0.29) is 11.7 Å². The Morgan fingerprint density at radius 1 is 0.842 bits per heavy atom. The third kappa shape index (κ3) is 10.9. The van der Waals surface area contributed by atoms with E-state index in [0.29, 0.717) is 41.4 Å². The zero-order valence-electron chi connectivity index (χ0n) is 22.3. The van der Waals surface area contributed by atoms with Crippen molar-refractivity contribution in [2.75, 3.05) is 27.4 Å². The zero-order valence-corrected chi connectivity index (χ0v) is 22.3. The molecule has 0 bridgehead atoms. The average Bonchev–Trinajstić information content (AvgIpc) is 2.93. The summed E-state index contributed by atoms with van der Waals surface area (Å²) < 4.78 is 26.2. The highest BCUT2D eigenvalue weighted by molar-refractivity contribution is 5.91. The molecule has 0 aliphatic carbocycles. The van der Waals surface area contributed by atoms with E-state index in [4.69, 9.17) is 18.9 Å². The predicted octanol–water partition coefficient (Wildman–Crippen LogP) is 5.94. The number of carbonyl (C=O) groups is 3. The predicted molar refractivity (Wildman–Crippen MR) is 144 cm³/mol. The van der Waals surface area contributed by atoms with Crippen LogP contribution in [0.2, 0.25) is 0 Å². The van der Waals surface area contributed by atoms with E-state index in [1.807, 2.05) is 0 Å². The number of carbonyl (C=O) groups excluding carboxylic acids is 3. The van der Waals surface area contributed by atoms with Crippen molar-refractivity contribution in [1.82, 2.24) is 0 Å². The van der Waals surface area contributed by atoms with Crippen molar-refractivity contribution in [2.45, 2.75) is 45.4 Å². The number of esters is 3. The molecule has 0 aromatic heterocycles. The van der Waals surface area contributed by atoms with Gasteiger partial charge in [-0.3, -0.25) is 0 Å². The van der Waals surface area contributed by atoms with Gasteiger partial charge >= 0.3 is 17.9 Å². The summed E-state index contributed by atoms with van der Waals surface area (Å²) in [7, 11) is 2.77. The number of ether oxygens (including phenoxy) is 5. The van der Waals surface area contributed by atoms with Gasteiger partial charge in [-0.05, 0) is 67.8 Å². The summed E-state index contributed by atoms with van der Waals surface area (Å²) in [6.45, 7) is 6.23. The Morgan fingerprint density at radius 3 is 2.13 bits per heavy atom. The number of unbranched alkanes of at least 4 members (excludes halogenated alkanes) is 5. The molecule has 0 saturated heterocycles. The fourth-order valence-electron chi connectivity index (χ4n) is 3.34. The molecule has 8 heteroatoms. The van der Waals surface area contributed by atoms with Gasteiger partial charge in [0.25, 0.3) is 0 Å². The Balaban J connectivity index is 1.70. The van der Waals surface area contributed by atoms with Gasteiger partial charge in [-0.15, -0.1) is 0 Å². The molecular weight excluding hydrogens is 488 g/mol. The van der Waals surface area contributed by atoms with Crippen molar-refractivity contribution in [3.8, 4) is 17.2 Å². The molecule has 0 N–H and O–H groups in total. The SMILES string of the molecule is C=C(C)C(=O)OCCCCCCCCOc1ccc(C(=O)Oc2ccc(C=CC(=O)OC)cc2OC)cc1. The second kappa shape index (κ2) is 16.6. The standard InChI is InChI=1S/C30H36O8/c1-22(2)29(32)37-20-10-8-6-5-7-9-19-36-25-15-13-24(14-16-25)30(33)38-26-17-11-23(21-27(26)34-3)12-18-28(31)35-4/h11-18,21H,1,5-10,19-20H2,2-4H3. The molecule has 0 heterocycles. The van der Waals surface area contributed by atoms with Crippen LogP contribution in [0.3, 0.4) is 0 Å². The quantitative estimate of drug-likeness (QED) is 0.115. The van der Waals surface area contributed by atoms with E-state index in [1.165, 1.54) is 20.3 Å². The van der Waals surface area contributed by atoms with E-state index >= 15 is 0 Å². The number of methoxy groups -OCH3 is 2. The van der Waals surface area contributed by atoms with Crippen LogP contribution in [-0.4, -0.2) is 45.3 Å². The number of rotatable bonds is 16. The van der Waals surface area contributed by atoms with E-state index in [1.54, 1.807) is 55.5 Å². The molecule has 204 valence electrons. The minimum absolute atomic E-state index is 0.265. The highest BCUT2D eigenvalue weighted by Crippen LogP contribution is 2.29. The lowest BCUT2D eigenvalue weighted by Gasteiger charge is -2.11. The molecule has 2 aromatic rings. The lowest BCUT2D eigenvalue weighted by Crippen LogP contribution is -2.09. The Morgan fingerprint density at radius 2 is 1.50 bits per heavy atom. The highest BCUT2D eigenvalue weighted by atomic mass is 16.6. The molecule has 2 aromatic carbocycles. The van der Waals surface area contributed by atoms with Crippen molar-refractivity contribution in [3.63, 3.8) is 0 Å². The first-order valence-electron chi connectivity index (χ1n) is 12.6. The highest BCUT2D eigenvalue weighted by Gasteiger charge is 2.13. The summed E-state index contributed by atoms with van der Waals surface area (Å²) >= 11 is 0. The van der Waals surface area contributed by atoms with Crippen LogP contribution in [0.4, 0.5) is 0 Å². The van der Waals surface area contributed by atoms with Crippen LogP contribution in [-0.2, 0) is 19.1 Å². The second-order valence-corrected chi connectivity index (χ2v) is 8.57. The normalized spacial score (nSPS) is 10.6. The lowest BCUT2D eigenvalue weighted by molar-refractivity contribution is -0.139. The monoisotopic (exact) mass is 524 g/mol. The van der Waals surface area contributed by atoms with Gasteiger partial charge in [-0.2, -0.15) is 0 Å². The van der Waals surface area contributed by atoms with Gasteiger partial charge in [0.2, 0.25) is 0 Å². The third-order valence-corrected chi connectivity index (χ3v) is 5.48. The molecule has 8 nitrogen and oxygen atoms in total. The van der Waals surface area contributed by atoms with Gasteiger partial charge in [-0.25, -0.2) is 14.4 Å². The van der Waals surface area contributed by atoms with Gasteiger partial charge in [0.1, 0.15) is 5.75 Å². The van der Waals surface area contributed by atoms with Crippen molar-refractivity contribution >= 4 is 24.0 Å². The van der Waals surface area contributed by atoms with E-state index in [2.05, 4.69) is 11.3 Å². The summed E-state index contributed by atoms with van der Waals surface area (Å²) in [5, 5.41) is 0. The molecule has 0 saturated carbocycles. The number of benzene rings is 2. The lowest BCUT2D eigenvalue weighted by atomic mass is 10.1. The van der Waals surface area contributed by atoms with Crippen LogP contribution in [0.25, 0.3) is 6.08 Å². The molecule has 0 fully saturated rings. The fraction of sp³-hybridized carbons (Fsp3) is 0.367. The maximum Gasteiger partial charge on any atom is 0.343 e. The van der Waals surface area contributed by atoms with Crippen LogP contribution >= 0.6 is 0 Å². The summed E-state index contributed by atoms with van der Waals surface area (Å²) in [5.41, 5.74) is 1.49. The third-order valence-electron chi connectivity index (χ3n) is 5.48. The molecular formula is C30H36O8. The van der Waals surface area contributed by atoms with E-state index < -0.39 is 11.9 Å². The maximum atomic E-state index is 12.6. The molecule has 38 heavy (non-hydrogen) atoms. The molecule has 0 spiro atoms. The summed E-state index contributed by atoms with van der Waals surface area (Å²) in [6.07, 6.45) is 8.90. The van der Waals surface area contributed by atoms with Gasteiger partial charge in [0.05, 0.1) is 33.0 Å². The molecule has 0 atom stereocenters. The van der Waals surface area contributed by atoms with Crippen molar-refractivity contribution in [2.24, 2.45) is 0 Å². The summed E-state index contributed by atoms with van der Waals surface area (Å²) in [6, 6.07) is 11.7. The largest absolute Gasteiger partial charge is 0.494 e. The topological polar surface area (TPSA) is 97.4 Å². The Bertz CT molecular complexity index is 1100. The van der Waals surface area contributed by atoms with Gasteiger partial charge in [-0.1, -0.05) is 38.3 Å².